The molecule has 1 fully saturated rings. The summed E-state index contributed by atoms with van der Waals surface area (Å²) in [5, 5.41) is 5.53. The third-order valence-electron chi connectivity index (χ3n) is 6.19. The van der Waals surface area contributed by atoms with E-state index in [1.165, 1.54) is 27.7 Å². The molecule has 0 bridgehead atoms. The van der Waals surface area contributed by atoms with E-state index < -0.39 is 10.0 Å². The average Bonchev–Trinajstić information content (AvgIpc) is 2.80. The highest BCUT2D eigenvalue weighted by Crippen LogP contribution is 2.37. The molecule has 0 aromatic heterocycles. The number of nitrogens with one attached hydrogen (secondary N) is 2. The van der Waals surface area contributed by atoms with Gasteiger partial charge < -0.3 is 10.6 Å². The fraction of sp³-hybridized carbons (Fsp3) is 0.417. The number of amides is 2. The van der Waals surface area contributed by atoms with Crippen LogP contribution in [-0.2, 0) is 19.6 Å². The summed E-state index contributed by atoms with van der Waals surface area (Å²) in [6, 6.07) is 12.7. The maximum absolute atomic E-state index is 13.2. The Balaban J connectivity index is 1.38. The summed E-state index contributed by atoms with van der Waals surface area (Å²) in [6.45, 7) is 6.61. The zero-order valence-electron chi connectivity index (χ0n) is 19.0. The van der Waals surface area contributed by atoms with Crippen LogP contribution in [-0.4, -0.2) is 42.9 Å². The molecule has 0 aliphatic carbocycles. The van der Waals surface area contributed by atoms with Crippen LogP contribution in [0.5, 0.6) is 0 Å². The Morgan fingerprint density at radius 2 is 1.79 bits per heavy atom. The molecule has 2 heterocycles. The van der Waals surface area contributed by atoms with Crippen molar-refractivity contribution in [1.29, 1.82) is 0 Å². The van der Waals surface area contributed by atoms with Crippen LogP contribution >= 0.6 is 11.8 Å². The summed E-state index contributed by atoms with van der Waals surface area (Å²) in [7, 11) is -3.71. The number of carbonyl (C=O) groups excluding carboxylic acids is 2. The Bertz CT molecular complexity index is 1150. The van der Waals surface area contributed by atoms with Crippen molar-refractivity contribution in [3.05, 3.63) is 48.0 Å². The van der Waals surface area contributed by atoms with Crippen LogP contribution in [0.1, 0.15) is 45.1 Å². The topological polar surface area (TPSA) is 95.6 Å². The molecule has 0 radical (unpaired) electrons. The summed E-state index contributed by atoms with van der Waals surface area (Å²) in [5.41, 5.74) is 2.49. The second kappa shape index (κ2) is 9.48. The van der Waals surface area contributed by atoms with E-state index in [0.29, 0.717) is 24.4 Å². The van der Waals surface area contributed by atoms with Crippen LogP contribution in [0.3, 0.4) is 0 Å². The number of hydrogen-bond donors (Lipinski definition) is 2. The number of thioether (sulfide) groups is 1. The Labute approximate surface area is 199 Å². The van der Waals surface area contributed by atoms with Crippen LogP contribution in [0.15, 0.2) is 52.3 Å². The Hall–Kier alpha value is -2.36. The maximum Gasteiger partial charge on any atom is 0.243 e. The van der Waals surface area contributed by atoms with Crippen molar-refractivity contribution in [3.63, 3.8) is 0 Å². The number of anilines is 2. The molecule has 2 N–H and O–H groups in total. The van der Waals surface area contributed by atoms with Crippen molar-refractivity contribution >= 4 is 45.0 Å². The number of benzene rings is 2. The summed E-state index contributed by atoms with van der Waals surface area (Å²) < 4.78 is 27.8. The monoisotopic (exact) mass is 487 g/mol. The average molecular weight is 488 g/mol. The zero-order chi connectivity index (χ0) is 23.8. The van der Waals surface area contributed by atoms with Gasteiger partial charge in [0.15, 0.2) is 0 Å². The van der Waals surface area contributed by atoms with E-state index in [4.69, 9.17) is 0 Å². The molecular formula is C24H29N3O4S2. The standard InChI is InChI=1S/C24H29N3O4S2/c1-15(2)17-4-6-19(7-5-17)25-24(29)18-10-12-27(13-11-18)33(30,31)20-8-9-22-21(14-20)26-23(28)16(3)32-22/h4-9,14-16,18H,10-13H2,1-3H3,(H,25,29)(H,26,28)/t16-/m1/s1. The molecule has 176 valence electrons. The molecule has 2 aliphatic heterocycles. The normalized spacial score (nSPS) is 19.8. The van der Waals surface area contributed by atoms with Crippen LogP contribution in [0, 0.1) is 5.92 Å². The van der Waals surface area contributed by atoms with Crippen molar-refractivity contribution in [1.82, 2.24) is 4.31 Å². The molecular weight excluding hydrogens is 458 g/mol. The zero-order valence-corrected chi connectivity index (χ0v) is 20.6. The summed E-state index contributed by atoms with van der Waals surface area (Å²) in [6.07, 6.45) is 0.925. The van der Waals surface area contributed by atoms with E-state index in [-0.39, 0.29) is 41.0 Å². The van der Waals surface area contributed by atoms with Gasteiger partial charge in [-0.3, -0.25) is 9.59 Å². The smallest absolute Gasteiger partial charge is 0.243 e. The molecule has 4 rings (SSSR count). The van der Waals surface area contributed by atoms with Crippen molar-refractivity contribution in [2.24, 2.45) is 5.92 Å². The van der Waals surface area contributed by atoms with Gasteiger partial charge in [-0.05, 0) is 61.6 Å². The number of rotatable bonds is 5. The van der Waals surface area contributed by atoms with Gasteiger partial charge in [-0.1, -0.05) is 26.0 Å². The van der Waals surface area contributed by atoms with Crippen LogP contribution in [0.25, 0.3) is 0 Å². The predicted molar refractivity (Wildman–Crippen MR) is 131 cm³/mol. The van der Waals surface area contributed by atoms with Crippen molar-refractivity contribution < 1.29 is 18.0 Å². The molecule has 0 unspecified atom stereocenters. The third-order valence-corrected chi connectivity index (χ3v) is 9.26. The first-order valence-corrected chi connectivity index (χ1v) is 13.5. The van der Waals surface area contributed by atoms with E-state index in [1.807, 2.05) is 31.2 Å². The lowest BCUT2D eigenvalue weighted by molar-refractivity contribution is -0.121. The van der Waals surface area contributed by atoms with Crippen LogP contribution < -0.4 is 10.6 Å². The molecule has 33 heavy (non-hydrogen) atoms. The fourth-order valence-corrected chi connectivity index (χ4v) is 6.48. The number of sulfonamides is 1. The lowest BCUT2D eigenvalue weighted by Gasteiger charge is -2.31. The Morgan fingerprint density at radius 3 is 2.42 bits per heavy atom. The molecule has 7 nitrogen and oxygen atoms in total. The maximum atomic E-state index is 13.2. The SMILES string of the molecule is CC(C)c1ccc(NC(=O)C2CCN(S(=O)(=O)c3ccc4c(c3)NC(=O)[C@@H](C)S4)CC2)cc1. The van der Waals surface area contributed by atoms with E-state index in [1.54, 1.807) is 12.1 Å². The molecule has 9 heteroatoms. The number of piperidine rings is 1. The van der Waals surface area contributed by atoms with Gasteiger partial charge in [0.05, 0.1) is 15.8 Å². The molecule has 2 aromatic carbocycles. The predicted octanol–water partition coefficient (Wildman–Crippen LogP) is 4.28. The second-order valence-corrected chi connectivity index (χ2v) is 12.2. The minimum atomic E-state index is -3.71. The van der Waals surface area contributed by atoms with Crippen molar-refractivity contribution in [2.45, 2.75) is 54.6 Å². The van der Waals surface area contributed by atoms with E-state index >= 15 is 0 Å². The van der Waals surface area contributed by atoms with Gasteiger partial charge in [-0.15, -0.1) is 11.8 Å². The molecule has 2 aliphatic rings. The highest BCUT2D eigenvalue weighted by molar-refractivity contribution is 8.01. The lowest BCUT2D eigenvalue weighted by Crippen LogP contribution is -2.41. The first-order valence-electron chi connectivity index (χ1n) is 11.2. The number of hydrogen-bond acceptors (Lipinski definition) is 5. The van der Waals surface area contributed by atoms with Gasteiger partial charge >= 0.3 is 0 Å². The van der Waals surface area contributed by atoms with Crippen LogP contribution in [0.4, 0.5) is 11.4 Å². The van der Waals surface area contributed by atoms with E-state index in [2.05, 4.69) is 24.5 Å². The highest BCUT2D eigenvalue weighted by atomic mass is 32.2. The van der Waals surface area contributed by atoms with Crippen LogP contribution in [0.2, 0.25) is 0 Å². The third kappa shape index (κ3) is 5.10. The molecule has 2 aromatic rings. The van der Waals surface area contributed by atoms with Gasteiger partial charge in [0.1, 0.15) is 0 Å². The minimum absolute atomic E-state index is 0.0769. The highest BCUT2D eigenvalue weighted by Gasteiger charge is 2.33. The quantitative estimate of drug-likeness (QED) is 0.656. The summed E-state index contributed by atoms with van der Waals surface area (Å²) in [4.78, 5) is 25.7. The molecule has 2 amide bonds. The first kappa shape index (κ1) is 23.8. The Morgan fingerprint density at radius 1 is 1.12 bits per heavy atom. The van der Waals surface area contributed by atoms with E-state index in [9.17, 15) is 18.0 Å². The lowest BCUT2D eigenvalue weighted by atomic mass is 9.97. The van der Waals surface area contributed by atoms with Gasteiger partial charge in [0, 0.05) is 29.6 Å². The van der Waals surface area contributed by atoms with Gasteiger partial charge in [0.25, 0.3) is 0 Å². The number of fused-ring (bicyclic) bond motifs is 1. The molecule has 1 atom stereocenters. The Kier molecular flexibility index (Phi) is 6.83. The number of nitrogens with zero attached hydrogens (tertiary/aromatic N) is 1. The van der Waals surface area contributed by atoms with Gasteiger partial charge in [-0.2, -0.15) is 4.31 Å². The van der Waals surface area contributed by atoms with Gasteiger partial charge in [0.2, 0.25) is 21.8 Å². The van der Waals surface area contributed by atoms with E-state index in [0.717, 1.165) is 10.6 Å². The van der Waals surface area contributed by atoms with Gasteiger partial charge in [-0.25, -0.2) is 8.42 Å². The van der Waals surface area contributed by atoms with Crippen molar-refractivity contribution in [2.75, 3.05) is 23.7 Å². The summed E-state index contributed by atoms with van der Waals surface area (Å²) >= 11 is 1.42. The summed E-state index contributed by atoms with van der Waals surface area (Å²) in [5.74, 6) is -0.0173. The largest absolute Gasteiger partial charge is 0.326 e. The second-order valence-electron chi connectivity index (χ2n) is 8.85. The first-order chi connectivity index (χ1) is 15.6. The fourth-order valence-electron chi connectivity index (χ4n) is 4.05. The molecule has 0 saturated carbocycles. The molecule has 1 saturated heterocycles. The van der Waals surface area contributed by atoms with Crippen molar-refractivity contribution in [3.8, 4) is 0 Å². The minimum Gasteiger partial charge on any atom is -0.326 e. The number of carbonyl (C=O) groups is 2. The molecule has 0 spiro atoms.